The fourth-order valence-electron chi connectivity index (χ4n) is 2.22. The monoisotopic (exact) mass is 385 g/mol. The predicted molar refractivity (Wildman–Crippen MR) is 96.6 cm³/mol. The molecule has 0 aliphatic rings. The van der Waals surface area contributed by atoms with Crippen LogP contribution in [0, 0.1) is 6.92 Å². The van der Waals surface area contributed by atoms with E-state index in [1.54, 1.807) is 31.2 Å². The third kappa shape index (κ3) is 4.29. The van der Waals surface area contributed by atoms with E-state index in [0.717, 1.165) is 11.8 Å². The van der Waals surface area contributed by atoms with E-state index in [9.17, 15) is 13.2 Å². The summed E-state index contributed by atoms with van der Waals surface area (Å²) in [7, 11) is -3.38. The van der Waals surface area contributed by atoms with Gasteiger partial charge in [0.2, 0.25) is 0 Å². The average Bonchev–Trinajstić information content (AvgIpc) is 2.49. The maximum Gasteiger partial charge on any atom is 0.252 e. The standard InChI is InChI=1S/C17H17Cl2NO3S/c1-10-4-6-13(24(3,22)23)9-14(10)17(21)20-11(2)12-5-7-15(18)16(19)8-12/h4-9,11H,1-3H3,(H,20,21). The second kappa shape index (κ2) is 7.13. The number of amides is 1. The van der Waals surface area contributed by atoms with Crippen LogP contribution in [-0.2, 0) is 9.84 Å². The van der Waals surface area contributed by atoms with Gasteiger partial charge in [-0.2, -0.15) is 0 Å². The van der Waals surface area contributed by atoms with Gasteiger partial charge in [0.25, 0.3) is 5.91 Å². The maximum absolute atomic E-state index is 12.5. The van der Waals surface area contributed by atoms with E-state index < -0.39 is 9.84 Å². The minimum atomic E-state index is -3.38. The van der Waals surface area contributed by atoms with Crippen molar-refractivity contribution in [3.63, 3.8) is 0 Å². The summed E-state index contributed by atoms with van der Waals surface area (Å²) in [6, 6.07) is 9.32. The second-order valence-electron chi connectivity index (χ2n) is 5.62. The Hall–Kier alpha value is -1.56. The van der Waals surface area contributed by atoms with Crippen molar-refractivity contribution in [2.45, 2.75) is 24.8 Å². The molecule has 0 heterocycles. The van der Waals surface area contributed by atoms with E-state index in [0.29, 0.717) is 21.2 Å². The van der Waals surface area contributed by atoms with E-state index >= 15 is 0 Å². The van der Waals surface area contributed by atoms with Gasteiger partial charge in [-0.3, -0.25) is 4.79 Å². The number of sulfone groups is 1. The minimum Gasteiger partial charge on any atom is -0.346 e. The van der Waals surface area contributed by atoms with Crippen LogP contribution < -0.4 is 5.32 Å². The van der Waals surface area contributed by atoms with Gasteiger partial charge in [0.05, 0.1) is 21.0 Å². The fourth-order valence-corrected chi connectivity index (χ4v) is 3.17. The van der Waals surface area contributed by atoms with Gasteiger partial charge in [0, 0.05) is 11.8 Å². The van der Waals surface area contributed by atoms with Crippen molar-refractivity contribution >= 4 is 38.9 Å². The van der Waals surface area contributed by atoms with E-state index in [-0.39, 0.29) is 16.8 Å². The molecule has 0 spiro atoms. The lowest BCUT2D eigenvalue weighted by Gasteiger charge is -2.16. The molecule has 128 valence electrons. The van der Waals surface area contributed by atoms with Gasteiger partial charge < -0.3 is 5.32 Å². The lowest BCUT2D eigenvalue weighted by Crippen LogP contribution is -2.27. The normalized spacial score (nSPS) is 12.7. The van der Waals surface area contributed by atoms with Crippen molar-refractivity contribution in [1.82, 2.24) is 5.32 Å². The van der Waals surface area contributed by atoms with Crippen LogP contribution in [0.4, 0.5) is 0 Å². The number of carbonyl (C=O) groups excluding carboxylic acids is 1. The molecule has 0 bridgehead atoms. The quantitative estimate of drug-likeness (QED) is 0.857. The van der Waals surface area contributed by atoms with Crippen LogP contribution in [-0.4, -0.2) is 20.6 Å². The van der Waals surface area contributed by atoms with Crippen molar-refractivity contribution in [2.75, 3.05) is 6.26 Å². The van der Waals surface area contributed by atoms with Crippen molar-refractivity contribution in [3.05, 3.63) is 63.1 Å². The smallest absolute Gasteiger partial charge is 0.252 e. The van der Waals surface area contributed by atoms with Crippen LogP contribution in [0.15, 0.2) is 41.3 Å². The first-order valence-corrected chi connectivity index (χ1v) is 9.81. The molecule has 0 aliphatic heterocycles. The van der Waals surface area contributed by atoms with Crippen molar-refractivity contribution < 1.29 is 13.2 Å². The molecular weight excluding hydrogens is 369 g/mol. The summed E-state index contributed by atoms with van der Waals surface area (Å²) in [5.74, 6) is -0.350. The van der Waals surface area contributed by atoms with Gasteiger partial charge in [0.15, 0.2) is 9.84 Å². The van der Waals surface area contributed by atoms with Crippen molar-refractivity contribution in [3.8, 4) is 0 Å². The molecule has 0 aliphatic carbocycles. The summed E-state index contributed by atoms with van der Waals surface area (Å²) < 4.78 is 23.3. The SMILES string of the molecule is Cc1ccc(S(C)(=O)=O)cc1C(=O)NC(C)c1ccc(Cl)c(Cl)c1. The third-order valence-electron chi connectivity index (χ3n) is 3.67. The molecule has 1 unspecified atom stereocenters. The van der Waals surface area contributed by atoms with Gasteiger partial charge in [-0.15, -0.1) is 0 Å². The molecule has 0 saturated heterocycles. The number of nitrogens with one attached hydrogen (secondary N) is 1. The van der Waals surface area contributed by atoms with Crippen LogP contribution in [0.1, 0.15) is 34.5 Å². The zero-order valence-corrected chi connectivity index (χ0v) is 15.8. The van der Waals surface area contributed by atoms with Gasteiger partial charge in [-0.1, -0.05) is 35.3 Å². The Bertz CT molecular complexity index is 895. The largest absolute Gasteiger partial charge is 0.346 e. The average molecular weight is 386 g/mol. The first-order valence-electron chi connectivity index (χ1n) is 7.16. The van der Waals surface area contributed by atoms with Crippen molar-refractivity contribution in [1.29, 1.82) is 0 Å². The Morgan fingerprint density at radius 2 is 1.75 bits per heavy atom. The third-order valence-corrected chi connectivity index (χ3v) is 5.52. The Morgan fingerprint density at radius 1 is 1.08 bits per heavy atom. The number of benzene rings is 2. The minimum absolute atomic E-state index is 0.112. The molecule has 1 amide bonds. The summed E-state index contributed by atoms with van der Waals surface area (Å²) >= 11 is 11.9. The second-order valence-corrected chi connectivity index (χ2v) is 8.45. The summed E-state index contributed by atoms with van der Waals surface area (Å²) in [5, 5.41) is 3.69. The summed E-state index contributed by atoms with van der Waals surface area (Å²) in [4.78, 5) is 12.6. The topological polar surface area (TPSA) is 63.2 Å². The maximum atomic E-state index is 12.5. The lowest BCUT2D eigenvalue weighted by molar-refractivity contribution is 0.0939. The van der Waals surface area contributed by atoms with Gasteiger partial charge >= 0.3 is 0 Å². The highest BCUT2D eigenvalue weighted by atomic mass is 35.5. The van der Waals surface area contributed by atoms with Crippen molar-refractivity contribution in [2.24, 2.45) is 0 Å². The number of hydrogen-bond acceptors (Lipinski definition) is 3. The molecule has 2 aromatic carbocycles. The first-order chi connectivity index (χ1) is 11.1. The highest BCUT2D eigenvalue weighted by Crippen LogP contribution is 2.26. The zero-order valence-electron chi connectivity index (χ0n) is 13.4. The number of carbonyl (C=O) groups is 1. The van der Waals surface area contributed by atoms with Gasteiger partial charge in [0.1, 0.15) is 0 Å². The van der Waals surface area contributed by atoms with Crippen LogP contribution in [0.2, 0.25) is 10.0 Å². The van der Waals surface area contributed by atoms with Crippen LogP contribution in [0.5, 0.6) is 0 Å². The predicted octanol–water partition coefficient (Wildman–Crippen LogP) is 4.20. The number of halogens is 2. The summed E-state index contributed by atoms with van der Waals surface area (Å²) in [6.45, 7) is 3.57. The van der Waals surface area contributed by atoms with E-state index in [1.165, 1.54) is 12.1 Å². The van der Waals surface area contributed by atoms with E-state index in [1.807, 2.05) is 6.92 Å². The molecule has 1 N–H and O–H groups in total. The molecule has 24 heavy (non-hydrogen) atoms. The Morgan fingerprint density at radius 3 is 2.33 bits per heavy atom. The first kappa shape index (κ1) is 18.8. The molecule has 2 rings (SSSR count). The molecule has 1 atom stereocenters. The molecule has 2 aromatic rings. The number of aryl methyl sites for hydroxylation is 1. The molecule has 4 nitrogen and oxygen atoms in total. The molecule has 0 fully saturated rings. The van der Waals surface area contributed by atoms with Gasteiger partial charge in [-0.25, -0.2) is 8.42 Å². The Balaban J connectivity index is 2.27. The van der Waals surface area contributed by atoms with E-state index in [4.69, 9.17) is 23.2 Å². The van der Waals surface area contributed by atoms with Crippen LogP contribution in [0.25, 0.3) is 0 Å². The molecular formula is C17H17Cl2NO3S. The van der Waals surface area contributed by atoms with Gasteiger partial charge in [-0.05, 0) is 49.2 Å². The Labute approximate surface area is 151 Å². The van der Waals surface area contributed by atoms with Crippen LogP contribution in [0.3, 0.4) is 0 Å². The molecule has 0 saturated carbocycles. The highest BCUT2D eigenvalue weighted by molar-refractivity contribution is 7.90. The Kier molecular flexibility index (Phi) is 5.58. The summed E-state index contributed by atoms with van der Waals surface area (Å²) in [6.07, 6.45) is 1.11. The lowest BCUT2D eigenvalue weighted by atomic mass is 10.1. The number of rotatable bonds is 4. The van der Waals surface area contributed by atoms with E-state index in [2.05, 4.69) is 5.32 Å². The zero-order chi connectivity index (χ0) is 18.1. The molecule has 0 aromatic heterocycles. The summed E-state index contributed by atoms with van der Waals surface area (Å²) in [5.41, 5.74) is 1.82. The highest BCUT2D eigenvalue weighted by Gasteiger charge is 2.17. The fraction of sp³-hybridized carbons (Fsp3) is 0.235. The number of hydrogen-bond donors (Lipinski definition) is 1. The van der Waals surface area contributed by atoms with Crippen LogP contribution >= 0.6 is 23.2 Å². The molecule has 0 radical (unpaired) electrons. The molecule has 7 heteroatoms.